The van der Waals surface area contributed by atoms with Crippen molar-refractivity contribution in [2.45, 2.75) is 18.8 Å². The molecule has 0 aliphatic carbocycles. The number of thioether (sulfide) groups is 1. The van der Waals surface area contributed by atoms with Gasteiger partial charge < -0.3 is 10.6 Å². The van der Waals surface area contributed by atoms with Crippen LogP contribution in [0.3, 0.4) is 0 Å². The molecule has 2 N–H and O–H groups in total. The summed E-state index contributed by atoms with van der Waals surface area (Å²) in [6, 6.07) is 14.4. The second-order valence-corrected chi connectivity index (χ2v) is 6.30. The molecule has 2 aromatic carbocycles. The van der Waals surface area contributed by atoms with Crippen molar-refractivity contribution in [1.29, 1.82) is 5.26 Å². The number of guanidine groups is 1. The molecule has 2 aromatic rings. The van der Waals surface area contributed by atoms with E-state index in [1.807, 2.05) is 24.5 Å². The summed E-state index contributed by atoms with van der Waals surface area (Å²) in [5, 5.41) is 15.3. The van der Waals surface area contributed by atoms with Crippen molar-refractivity contribution in [3.05, 3.63) is 70.5 Å². The van der Waals surface area contributed by atoms with Crippen LogP contribution in [0.5, 0.6) is 0 Å². The SMILES string of the molecule is CN=C(NCc1ccc(C#N)cc1)NCc1ccc(F)cc1CSC. The fourth-order valence-corrected chi connectivity index (χ4v) is 2.92. The smallest absolute Gasteiger partial charge is 0.191 e. The third kappa shape index (κ3) is 5.80. The van der Waals surface area contributed by atoms with E-state index >= 15 is 0 Å². The molecule has 0 saturated carbocycles. The van der Waals surface area contributed by atoms with Gasteiger partial charge in [0.15, 0.2) is 5.96 Å². The van der Waals surface area contributed by atoms with Gasteiger partial charge in [-0.2, -0.15) is 17.0 Å². The molecule has 4 nitrogen and oxygen atoms in total. The molecule has 0 bridgehead atoms. The van der Waals surface area contributed by atoms with E-state index in [1.165, 1.54) is 6.07 Å². The first-order chi connectivity index (χ1) is 12.2. The summed E-state index contributed by atoms with van der Waals surface area (Å²) in [5.74, 6) is 1.23. The van der Waals surface area contributed by atoms with E-state index < -0.39 is 0 Å². The standard InChI is InChI=1S/C19H21FN4S/c1-22-19(23-11-15-5-3-14(10-21)4-6-15)24-12-16-7-8-18(20)9-17(16)13-25-2/h3-9H,11-13H2,1-2H3,(H2,22,23,24). The molecule has 130 valence electrons. The third-order valence-corrected chi connectivity index (χ3v) is 4.28. The van der Waals surface area contributed by atoms with Crippen LogP contribution in [-0.4, -0.2) is 19.3 Å². The Balaban J connectivity index is 1.93. The zero-order valence-corrected chi connectivity index (χ0v) is 15.2. The van der Waals surface area contributed by atoms with Gasteiger partial charge in [-0.05, 0) is 47.2 Å². The van der Waals surface area contributed by atoms with Crippen LogP contribution >= 0.6 is 11.8 Å². The number of hydrogen-bond donors (Lipinski definition) is 2. The highest BCUT2D eigenvalue weighted by atomic mass is 32.2. The van der Waals surface area contributed by atoms with E-state index in [9.17, 15) is 4.39 Å². The van der Waals surface area contributed by atoms with Gasteiger partial charge >= 0.3 is 0 Å². The maximum Gasteiger partial charge on any atom is 0.191 e. The molecular weight excluding hydrogens is 335 g/mol. The molecule has 0 aromatic heterocycles. The Labute approximate surface area is 152 Å². The van der Waals surface area contributed by atoms with Gasteiger partial charge in [-0.1, -0.05) is 18.2 Å². The summed E-state index contributed by atoms with van der Waals surface area (Å²) in [4.78, 5) is 4.21. The summed E-state index contributed by atoms with van der Waals surface area (Å²) in [5.41, 5.74) is 3.75. The van der Waals surface area contributed by atoms with E-state index in [4.69, 9.17) is 5.26 Å². The lowest BCUT2D eigenvalue weighted by atomic mass is 10.1. The molecule has 0 aliphatic heterocycles. The lowest BCUT2D eigenvalue weighted by Gasteiger charge is -2.14. The van der Waals surface area contributed by atoms with Crippen LogP contribution in [-0.2, 0) is 18.8 Å². The molecule has 2 rings (SSSR count). The largest absolute Gasteiger partial charge is 0.352 e. The van der Waals surface area contributed by atoms with Crippen LogP contribution in [0.15, 0.2) is 47.5 Å². The Hall–Kier alpha value is -2.52. The zero-order chi connectivity index (χ0) is 18.1. The van der Waals surface area contributed by atoms with Crippen molar-refractivity contribution in [3.8, 4) is 6.07 Å². The van der Waals surface area contributed by atoms with Crippen LogP contribution < -0.4 is 10.6 Å². The van der Waals surface area contributed by atoms with Crippen molar-refractivity contribution < 1.29 is 4.39 Å². The average molecular weight is 356 g/mol. The van der Waals surface area contributed by atoms with Gasteiger partial charge in [0, 0.05) is 25.9 Å². The van der Waals surface area contributed by atoms with Crippen molar-refractivity contribution >= 4 is 17.7 Å². The number of rotatable bonds is 6. The fourth-order valence-electron chi connectivity index (χ4n) is 2.34. The molecule has 6 heteroatoms. The summed E-state index contributed by atoms with van der Waals surface area (Å²) in [7, 11) is 1.71. The number of nitrogens with zero attached hydrogens (tertiary/aromatic N) is 2. The van der Waals surface area contributed by atoms with Gasteiger partial charge in [0.1, 0.15) is 5.82 Å². The van der Waals surface area contributed by atoms with Gasteiger partial charge in [0.2, 0.25) is 0 Å². The number of nitriles is 1. The molecule has 0 spiro atoms. The van der Waals surface area contributed by atoms with Crippen molar-refractivity contribution in [3.63, 3.8) is 0 Å². The first kappa shape index (κ1) is 18.8. The summed E-state index contributed by atoms with van der Waals surface area (Å²) >= 11 is 1.66. The lowest BCUT2D eigenvalue weighted by Crippen LogP contribution is -2.36. The second-order valence-electron chi connectivity index (χ2n) is 5.43. The topological polar surface area (TPSA) is 60.2 Å². The van der Waals surface area contributed by atoms with E-state index in [0.29, 0.717) is 24.6 Å². The molecule has 0 saturated heterocycles. The fraction of sp³-hybridized carbons (Fsp3) is 0.263. The second kappa shape index (κ2) is 9.70. The van der Waals surface area contributed by atoms with E-state index in [1.54, 1.807) is 37.0 Å². The molecule has 0 aliphatic rings. The Kier molecular flexibility index (Phi) is 7.30. The Morgan fingerprint density at radius 3 is 2.48 bits per heavy atom. The van der Waals surface area contributed by atoms with Gasteiger partial charge in [-0.3, -0.25) is 4.99 Å². The minimum atomic E-state index is -0.212. The minimum Gasteiger partial charge on any atom is -0.352 e. The first-order valence-electron chi connectivity index (χ1n) is 7.86. The number of hydrogen-bond acceptors (Lipinski definition) is 3. The van der Waals surface area contributed by atoms with Crippen molar-refractivity contribution in [2.24, 2.45) is 4.99 Å². The molecule has 0 radical (unpaired) electrons. The highest BCUT2D eigenvalue weighted by Gasteiger charge is 2.05. The Bertz CT molecular complexity index is 766. The van der Waals surface area contributed by atoms with Crippen LogP contribution in [0.2, 0.25) is 0 Å². The van der Waals surface area contributed by atoms with Crippen LogP contribution in [0.25, 0.3) is 0 Å². The first-order valence-corrected chi connectivity index (χ1v) is 9.25. The maximum absolute atomic E-state index is 13.4. The average Bonchev–Trinajstić information content (AvgIpc) is 2.64. The Morgan fingerprint density at radius 2 is 1.84 bits per heavy atom. The number of benzene rings is 2. The minimum absolute atomic E-state index is 0.212. The maximum atomic E-state index is 13.4. The van der Waals surface area contributed by atoms with Gasteiger partial charge in [-0.25, -0.2) is 4.39 Å². The third-order valence-electron chi connectivity index (χ3n) is 3.68. The Morgan fingerprint density at radius 1 is 1.12 bits per heavy atom. The lowest BCUT2D eigenvalue weighted by molar-refractivity contribution is 0.625. The van der Waals surface area contributed by atoms with Crippen LogP contribution in [0.4, 0.5) is 4.39 Å². The molecule has 0 heterocycles. The van der Waals surface area contributed by atoms with Gasteiger partial charge in [0.25, 0.3) is 0 Å². The summed E-state index contributed by atoms with van der Waals surface area (Å²) < 4.78 is 13.4. The van der Waals surface area contributed by atoms with Gasteiger partial charge in [-0.15, -0.1) is 0 Å². The highest BCUT2D eigenvalue weighted by molar-refractivity contribution is 7.97. The van der Waals surface area contributed by atoms with E-state index in [-0.39, 0.29) is 5.82 Å². The van der Waals surface area contributed by atoms with E-state index in [2.05, 4.69) is 21.7 Å². The molecule has 0 unspecified atom stereocenters. The van der Waals surface area contributed by atoms with Crippen molar-refractivity contribution in [1.82, 2.24) is 10.6 Å². The predicted octanol–water partition coefficient (Wildman–Crippen LogP) is 3.43. The normalized spacial score (nSPS) is 11.0. The zero-order valence-electron chi connectivity index (χ0n) is 14.3. The van der Waals surface area contributed by atoms with E-state index in [0.717, 1.165) is 22.4 Å². The number of aliphatic imine (C=N–C) groups is 1. The summed E-state index contributed by atoms with van der Waals surface area (Å²) in [6.07, 6.45) is 2.00. The van der Waals surface area contributed by atoms with Crippen LogP contribution in [0.1, 0.15) is 22.3 Å². The quantitative estimate of drug-likeness (QED) is 0.615. The highest BCUT2D eigenvalue weighted by Crippen LogP contribution is 2.16. The molecule has 0 amide bonds. The number of nitrogens with one attached hydrogen (secondary N) is 2. The summed E-state index contributed by atoms with van der Waals surface area (Å²) in [6.45, 7) is 1.18. The van der Waals surface area contributed by atoms with Crippen molar-refractivity contribution in [2.75, 3.05) is 13.3 Å². The predicted molar refractivity (Wildman–Crippen MR) is 102 cm³/mol. The van der Waals surface area contributed by atoms with Gasteiger partial charge in [0.05, 0.1) is 11.6 Å². The van der Waals surface area contributed by atoms with Crippen LogP contribution in [0, 0.1) is 17.1 Å². The molecular formula is C19H21FN4S. The molecule has 25 heavy (non-hydrogen) atoms. The molecule has 0 atom stereocenters. The molecule has 0 fully saturated rings. The number of halogens is 1. The monoisotopic (exact) mass is 356 g/mol.